The number of aromatic nitrogens is 6. The lowest BCUT2D eigenvalue weighted by atomic mass is 10.2. The third kappa shape index (κ3) is 13.9. The number of benzene rings is 4. The van der Waals surface area contributed by atoms with Crippen LogP contribution in [0.25, 0.3) is 44.6 Å². The average Bonchev–Trinajstić information content (AvgIpc) is 3.38. The molecule has 0 amide bonds. The molecule has 6 heterocycles. The Kier molecular flexibility index (Phi) is 17.8. The number of aliphatic hydroxyl groups excluding tert-OH is 1. The van der Waals surface area contributed by atoms with E-state index in [1.54, 1.807) is 36.9 Å². The second-order valence-electron chi connectivity index (χ2n) is 15.6. The fourth-order valence-corrected chi connectivity index (χ4v) is 8.09. The Morgan fingerprint density at radius 2 is 1.13 bits per heavy atom. The van der Waals surface area contributed by atoms with E-state index in [0.717, 1.165) is 108 Å². The summed E-state index contributed by atoms with van der Waals surface area (Å²) < 4.78 is 44.7. The van der Waals surface area contributed by atoms with E-state index < -0.39 is 11.6 Å². The summed E-state index contributed by atoms with van der Waals surface area (Å²) in [5.74, 6) is 2.04. The molecule has 4 aromatic carbocycles. The molecule has 10 rings (SSSR count). The SMILES string of the molecule is Fc1ccc(Nc2nc(-c3cccnc3)nc3ccc(I)cc23)cc1Cl.Fc1ccc(Nc2nc(-c3cccnc3)nc3ccc(OCCN4CCOCC4)cc23)cc1Cl.OCCN1CCOCC1. The Morgan fingerprint density at radius 3 is 1.62 bits per heavy atom. The molecule has 0 aliphatic carbocycles. The zero-order valence-electron chi connectivity index (χ0n) is 37.2. The highest BCUT2D eigenvalue weighted by molar-refractivity contribution is 14.1. The van der Waals surface area contributed by atoms with E-state index in [1.807, 2.05) is 60.7 Å². The fraction of sp³-hybridized carbons (Fsp3) is 0.240. The van der Waals surface area contributed by atoms with E-state index in [4.69, 9.17) is 52.5 Å². The number of nitrogens with one attached hydrogen (secondary N) is 2. The number of hydrogen-bond donors (Lipinski definition) is 3. The summed E-state index contributed by atoms with van der Waals surface area (Å²) in [7, 11) is 0. The van der Waals surface area contributed by atoms with Gasteiger partial charge in [-0.1, -0.05) is 23.2 Å². The normalized spacial score (nSPS) is 14.1. The molecule has 0 radical (unpaired) electrons. The van der Waals surface area contributed by atoms with Crippen molar-refractivity contribution in [3.8, 4) is 28.5 Å². The summed E-state index contributed by atoms with van der Waals surface area (Å²) in [6.45, 7) is 9.39. The molecular weight excluding hydrogens is 1040 g/mol. The van der Waals surface area contributed by atoms with Crippen LogP contribution < -0.4 is 15.4 Å². The van der Waals surface area contributed by atoms with Gasteiger partial charge in [-0.15, -0.1) is 0 Å². The molecule has 2 aliphatic rings. The van der Waals surface area contributed by atoms with Gasteiger partial charge in [-0.2, -0.15) is 0 Å². The second kappa shape index (κ2) is 24.7. The number of ether oxygens (including phenoxy) is 3. The Balaban J connectivity index is 0.000000161. The fourth-order valence-electron chi connectivity index (χ4n) is 7.24. The summed E-state index contributed by atoms with van der Waals surface area (Å²) >= 11 is 14.1. The number of rotatable bonds is 12. The number of β-amino-alcohol motifs (C(OH)–C–C–N with tert-alkyl or cyclic N) is 1. The van der Waals surface area contributed by atoms with E-state index in [1.165, 1.54) is 24.3 Å². The van der Waals surface area contributed by atoms with E-state index in [0.29, 0.717) is 41.3 Å². The third-order valence-electron chi connectivity index (χ3n) is 10.8. The number of anilines is 4. The maximum atomic E-state index is 13.7. The first-order valence-corrected chi connectivity index (χ1v) is 23.9. The molecule has 2 fully saturated rings. The van der Waals surface area contributed by atoms with Gasteiger partial charge in [-0.05, 0) is 120 Å². The Hall–Kier alpha value is -5.77. The van der Waals surface area contributed by atoms with Crippen LogP contribution in [-0.2, 0) is 9.47 Å². The maximum absolute atomic E-state index is 13.7. The summed E-state index contributed by atoms with van der Waals surface area (Å²) in [6.07, 6.45) is 6.83. The Morgan fingerprint density at radius 1 is 0.623 bits per heavy atom. The van der Waals surface area contributed by atoms with Gasteiger partial charge in [-0.25, -0.2) is 28.7 Å². The highest BCUT2D eigenvalue weighted by Gasteiger charge is 2.15. The van der Waals surface area contributed by atoms with Crippen molar-refractivity contribution in [2.24, 2.45) is 0 Å². The van der Waals surface area contributed by atoms with Crippen LogP contribution in [0.4, 0.5) is 31.8 Å². The first-order chi connectivity index (χ1) is 33.7. The Labute approximate surface area is 421 Å². The molecule has 8 aromatic rings. The number of aliphatic hydroxyl groups is 1. The Bertz CT molecular complexity index is 2960. The molecule has 0 unspecified atom stereocenters. The highest BCUT2D eigenvalue weighted by Crippen LogP contribution is 2.32. The van der Waals surface area contributed by atoms with Gasteiger partial charge in [0.25, 0.3) is 0 Å². The van der Waals surface area contributed by atoms with Crippen LogP contribution in [0.3, 0.4) is 0 Å². The van der Waals surface area contributed by atoms with E-state index in [2.05, 4.69) is 63.0 Å². The predicted molar refractivity (Wildman–Crippen MR) is 275 cm³/mol. The molecule has 0 atom stereocenters. The van der Waals surface area contributed by atoms with Gasteiger partial charge >= 0.3 is 0 Å². The molecule has 0 spiro atoms. The number of fused-ring (bicyclic) bond motifs is 2. The predicted octanol–water partition coefficient (Wildman–Crippen LogP) is 10.1. The van der Waals surface area contributed by atoms with Crippen molar-refractivity contribution in [2.45, 2.75) is 0 Å². The number of nitrogens with zero attached hydrogens (tertiary/aromatic N) is 8. The number of halogens is 5. The van der Waals surface area contributed by atoms with Crippen molar-refractivity contribution in [1.82, 2.24) is 39.7 Å². The lowest BCUT2D eigenvalue weighted by Crippen LogP contribution is -2.38. The third-order valence-corrected chi connectivity index (χ3v) is 12.1. The van der Waals surface area contributed by atoms with Crippen molar-refractivity contribution in [3.63, 3.8) is 0 Å². The molecule has 3 N–H and O–H groups in total. The van der Waals surface area contributed by atoms with Crippen LogP contribution in [0.1, 0.15) is 0 Å². The van der Waals surface area contributed by atoms with E-state index in [-0.39, 0.29) is 16.7 Å². The summed E-state index contributed by atoms with van der Waals surface area (Å²) in [5.41, 5.74) is 4.40. The van der Waals surface area contributed by atoms with Crippen molar-refractivity contribution in [1.29, 1.82) is 0 Å². The van der Waals surface area contributed by atoms with Crippen LogP contribution in [0.15, 0.2) is 122 Å². The van der Waals surface area contributed by atoms with Gasteiger partial charge in [0, 0.05) is 101 Å². The van der Waals surface area contributed by atoms with Crippen LogP contribution in [0.5, 0.6) is 5.75 Å². The zero-order chi connectivity index (χ0) is 48.0. The quantitative estimate of drug-likeness (QED) is 0.0994. The zero-order valence-corrected chi connectivity index (χ0v) is 40.8. The molecule has 14 nitrogen and oxygen atoms in total. The maximum Gasteiger partial charge on any atom is 0.163 e. The van der Waals surface area contributed by atoms with Gasteiger partial charge in [-0.3, -0.25) is 19.8 Å². The van der Waals surface area contributed by atoms with Crippen molar-refractivity contribution >= 4 is 90.6 Å². The van der Waals surface area contributed by atoms with Gasteiger partial charge in [0.05, 0.1) is 54.1 Å². The molecule has 356 valence electrons. The van der Waals surface area contributed by atoms with Crippen LogP contribution in [0, 0.1) is 15.2 Å². The van der Waals surface area contributed by atoms with Crippen LogP contribution in [0.2, 0.25) is 10.0 Å². The molecular formula is C50H47Cl2F2IN10O4. The largest absolute Gasteiger partial charge is 0.492 e. The van der Waals surface area contributed by atoms with Crippen molar-refractivity contribution in [2.75, 3.05) is 89.5 Å². The van der Waals surface area contributed by atoms with Crippen molar-refractivity contribution in [3.05, 3.63) is 147 Å². The number of pyridine rings is 2. The average molecular weight is 1090 g/mol. The van der Waals surface area contributed by atoms with Gasteiger partial charge in [0.15, 0.2) is 11.6 Å². The topological polar surface area (TPSA) is 156 Å². The highest BCUT2D eigenvalue weighted by atomic mass is 127. The number of hydrogen-bond acceptors (Lipinski definition) is 14. The molecule has 69 heavy (non-hydrogen) atoms. The molecule has 0 saturated carbocycles. The van der Waals surface area contributed by atoms with E-state index in [9.17, 15) is 8.78 Å². The van der Waals surface area contributed by atoms with Gasteiger partial charge in [0.2, 0.25) is 0 Å². The summed E-state index contributed by atoms with van der Waals surface area (Å²) in [4.78, 5) is 31.6. The molecule has 0 bridgehead atoms. The van der Waals surface area contributed by atoms with Crippen molar-refractivity contribution < 1.29 is 28.1 Å². The molecule has 4 aromatic heterocycles. The molecule has 2 aliphatic heterocycles. The van der Waals surface area contributed by atoms with Crippen LogP contribution >= 0.6 is 45.8 Å². The minimum absolute atomic E-state index is 0.0305. The molecule has 19 heteroatoms. The smallest absolute Gasteiger partial charge is 0.163 e. The monoisotopic (exact) mass is 1090 g/mol. The lowest BCUT2D eigenvalue weighted by Gasteiger charge is -2.26. The molecule has 2 saturated heterocycles. The first kappa shape index (κ1) is 49.6. The lowest BCUT2D eigenvalue weighted by molar-refractivity contribution is 0.0306. The second-order valence-corrected chi connectivity index (χ2v) is 17.7. The van der Waals surface area contributed by atoms with Gasteiger partial charge in [0.1, 0.15) is 35.6 Å². The minimum atomic E-state index is -0.480. The summed E-state index contributed by atoms with van der Waals surface area (Å²) in [6, 6.07) is 28.0. The minimum Gasteiger partial charge on any atom is -0.492 e. The summed E-state index contributed by atoms with van der Waals surface area (Å²) in [5, 5.41) is 16.7. The van der Waals surface area contributed by atoms with E-state index >= 15 is 0 Å². The van der Waals surface area contributed by atoms with Gasteiger partial charge < -0.3 is 30.0 Å². The number of morpholine rings is 2. The standard InChI is InChI=1S/C25H23ClFN5O2.C19H11ClFIN4.C6H13NO2/c26-21-14-18(3-5-22(21)27)29-25-20-15-19(34-13-10-32-8-11-33-12-9-32)4-6-23(20)30-24(31-25)17-2-1-7-28-16-17;20-15-9-13(4-5-16(15)21)24-19-14-8-12(22)3-6-17(14)25-18(26-19)11-2-1-7-23-10-11;8-4-1-7-2-5-9-6-3-7/h1-7,14-16H,8-13H2,(H,29,30,31);1-10H,(H,24,25,26);8H,1-6H2. The first-order valence-electron chi connectivity index (χ1n) is 22.1. The van der Waals surface area contributed by atoms with Crippen LogP contribution in [-0.4, -0.2) is 124 Å².